The lowest BCUT2D eigenvalue weighted by Gasteiger charge is -2.07. The number of nitrogens with two attached hydrogens (primary N) is 1. The minimum atomic E-state index is -0.581. The second kappa shape index (κ2) is 4.72. The zero-order chi connectivity index (χ0) is 14.2. The van der Waals surface area contributed by atoms with Crippen LogP contribution >= 0.6 is 0 Å². The van der Waals surface area contributed by atoms with Crippen LogP contribution in [0.2, 0.25) is 0 Å². The average Bonchev–Trinajstić information content (AvgIpc) is 2.72. The van der Waals surface area contributed by atoms with Crippen LogP contribution in [0.25, 0.3) is 11.3 Å². The molecule has 0 saturated carbocycles. The second-order valence-electron chi connectivity index (χ2n) is 4.20. The van der Waals surface area contributed by atoms with E-state index in [1.165, 1.54) is 24.8 Å². The minimum absolute atomic E-state index is 0.182. The van der Waals surface area contributed by atoms with Crippen LogP contribution in [-0.4, -0.2) is 22.9 Å². The summed E-state index contributed by atoms with van der Waals surface area (Å²) < 4.78 is 20.0. The highest BCUT2D eigenvalue weighted by atomic mass is 19.1. The summed E-state index contributed by atoms with van der Waals surface area (Å²) in [4.78, 5) is 11.6. The lowest BCUT2D eigenvalue weighted by Crippen LogP contribution is -2.06. The number of esters is 1. The maximum absolute atomic E-state index is 13.9. The maximum Gasteiger partial charge on any atom is 0.338 e. The molecule has 2 N–H and O–H groups in total. The van der Waals surface area contributed by atoms with E-state index < -0.39 is 11.8 Å². The number of methoxy groups -OCH3 is 1. The van der Waals surface area contributed by atoms with Crippen LogP contribution in [0, 0.1) is 12.7 Å². The Labute approximate surface area is 109 Å². The number of carbonyl (C=O) groups excluding carboxylic acids is 1. The van der Waals surface area contributed by atoms with Gasteiger partial charge in [0.15, 0.2) is 0 Å². The zero-order valence-corrected chi connectivity index (χ0v) is 10.9. The summed E-state index contributed by atoms with van der Waals surface area (Å²) >= 11 is 0. The van der Waals surface area contributed by atoms with Gasteiger partial charge in [0.25, 0.3) is 0 Å². The first kappa shape index (κ1) is 13.1. The van der Waals surface area contributed by atoms with Crippen molar-refractivity contribution in [1.29, 1.82) is 0 Å². The number of nitrogen functional groups attached to an aromatic ring is 1. The molecule has 100 valence electrons. The molecule has 0 spiro atoms. The predicted octanol–water partition coefficient (Wildman–Crippen LogP) is 1.90. The first-order valence-electron chi connectivity index (χ1n) is 5.62. The number of nitrogens with zero attached hydrogens (tertiary/aromatic N) is 2. The van der Waals surface area contributed by atoms with Gasteiger partial charge in [0.2, 0.25) is 0 Å². The third kappa shape index (κ3) is 2.29. The Morgan fingerprint density at radius 2 is 2.11 bits per heavy atom. The lowest BCUT2D eigenvalue weighted by molar-refractivity contribution is 0.0599. The van der Waals surface area contributed by atoms with Crippen molar-refractivity contribution in [3.63, 3.8) is 0 Å². The summed E-state index contributed by atoms with van der Waals surface area (Å²) in [5, 5.41) is 4.15. The summed E-state index contributed by atoms with van der Waals surface area (Å²) in [7, 11) is 2.94. The van der Waals surface area contributed by atoms with Gasteiger partial charge in [-0.3, -0.25) is 4.68 Å². The van der Waals surface area contributed by atoms with Crippen molar-refractivity contribution in [2.45, 2.75) is 6.92 Å². The van der Waals surface area contributed by atoms with Gasteiger partial charge in [-0.2, -0.15) is 5.10 Å². The summed E-state index contributed by atoms with van der Waals surface area (Å²) in [5.41, 5.74) is 7.10. The molecule has 6 heteroatoms. The molecule has 1 aromatic carbocycles. The van der Waals surface area contributed by atoms with E-state index in [0.29, 0.717) is 17.1 Å². The number of ether oxygens (including phenoxy) is 1. The van der Waals surface area contributed by atoms with Crippen LogP contribution in [0.15, 0.2) is 18.2 Å². The molecule has 0 bridgehead atoms. The van der Waals surface area contributed by atoms with Crippen molar-refractivity contribution in [3.05, 3.63) is 35.1 Å². The highest BCUT2D eigenvalue weighted by Crippen LogP contribution is 2.25. The van der Waals surface area contributed by atoms with Gasteiger partial charge in [-0.1, -0.05) is 0 Å². The van der Waals surface area contributed by atoms with Crippen LogP contribution in [0.3, 0.4) is 0 Å². The van der Waals surface area contributed by atoms with Crippen molar-refractivity contribution < 1.29 is 13.9 Å². The monoisotopic (exact) mass is 263 g/mol. The van der Waals surface area contributed by atoms with Crippen molar-refractivity contribution in [2.24, 2.45) is 7.05 Å². The Morgan fingerprint density at radius 3 is 2.63 bits per heavy atom. The van der Waals surface area contributed by atoms with Crippen LogP contribution in [0.4, 0.5) is 10.2 Å². The Morgan fingerprint density at radius 1 is 1.42 bits per heavy atom. The van der Waals surface area contributed by atoms with Gasteiger partial charge < -0.3 is 10.5 Å². The molecule has 2 aromatic rings. The van der Waals surface area contributed by atoms with Crippen molar-refractivity contribution in [1.82, 2.24) is 9.78 Å². The van der Waals surface area contributed by atoms with E-state index in [1.807, 2.05) is 0 Å². The molecule has 0 radical (unpaired) electrons. The molecule has 19 heavy (non-hydrogen) atoms. The quantitative estimate of drug-likeness (QED) is 0.840. The SMILES string of the molecule is COC(=O)c1cc(-c2cc(N)n(C)n2)cc(F)c1C. The number of rotatable bonds is 2. The number of anilines is 1. The molecular formula is C13H14FN3O2. The maximum atomic E-state index is 13.9. The highest BCUT2D eigenvalue weighted by Gasteiger charge is 2.16. The van der Waals surface area contributed by atoms with Gasteiger partial charge in [0.1, 0.15) is 11.6 Å². The van der Waals surface area contributed by atoms with Crippen LogP contribution in [0.5, 0.6) is 0 Å². The molecule has 1 aromatic heterocycles. The molecule has 0 unspecified atom stereocenters. The zero-order valence-electron chi connectivity index (χ0n) is 10.9. The van der Waals surface area contributed by atoms with Gasteiger partial charge in [0, 0.05) is 18.7 Å². The molecular weight excluding hydrogens is 249 g/mol. The average molecular weight is 263 g/mol. The molecule has 0 fully saturated rings. The van der Waals surface area contributed by atoms with E-state index in [2.05, 4.69) is 9.84 Å². The number of aromatic nitrogens is 2. The number of aryl methyl sites for hydroxylation is 1. The molecule has 0 saturated heterocycles. The number of hydrogen-bond acceptors (Lipinski definition) is 4. The normalized spacial score (nSPS) is 10.5. The van der Waals surface area contributed by atoms with E-state index >= 15 is 0 Å². The smallest absolute Gasteiger partial charge is 0.338 e. The Bertz CT molecular complexity index is 630. The van der Waals surface area contributed by atoms with Crippen LogP contribution < -0.4 is 5.73 Å². The fourth-order valence-corrected chi connectivity index (χ4v) is 1.77. The third-order valence-electron chi connectivity index (χ3n) is 2.96. The highest BCUT2D eigenvalue weighted by molar-refractivity contribution is 5.92. The van der Waals surface area contributed by atoms with E-state index in [-0.39, 0.29) is 11.1 Å². The molecule has 0 aliphatic carbocycles. The molecule has 5 nitrogen and oxygen atoms in total. The van der Waals surface area contributed by atoms with Crippen LogP contribution in [-0.2, 0) is 11.8 Å². The van der Waals surface area contributed by atoms with Gasteiger partial charge in [-0.25, -0.2) is 9.18 Å². The van der Waals surface area contributed by atoms with E-state index in [4.69, 9.17) is 5.73 Å². The topological polar surface area (TPSA) is 70.1 Å². The fourth-order valence-electron chi connectivity index (χ4n) is 1.77. The second-order valence-corrected chi connectivity index (χ2v) is 4.20. The van der Waals surface area contributed by atoms with E-state index in [1.54, 1.807) is 19.2 Å². The Kier molecular flexibility index (Phi) is 3.25. The Hall–Kier alpha value is -2.37. The molecule has 0 aliphatic heterocycles. The van der Waals surface area contributed by atoms with Gasteiger partial charge in [0.05, 0.1) is 18.4 Å². The number of halogens is 1. The summed E-state index contributed by atoms with van der Waals surface area (Å²) in [5.74, 6) is -0.611. The molecule has 0 atom stereocenters. The first-order valence-corrected chi connectivity index (χ1v) is 5.62. The largest absolute Gasteiger partial charge is 0.465 e. The number of hydrogen-bond donors (Lipinski definition) is 1. The lowest BCUT2D eigenvalue weighted by atomic mass is 10.0. The fraction of sp³-hybridized carbons (Fsp3) is 0.231. The summed E-state index contributed by atoms with van der Waals surface area (Å²) in [6.07, 6.45) is 0. The third-order valence-corrected chi connectivity index (χ3v) is 2.96. The molecule has 2 rings (SSSR count). The van der Waals surface area contributed by atoms with Crippen molar-refractivity contribution in [3.8, 4) is 11.3 Å². The molecule has 0 amide bonds. The number of benzene rings is 1. The van der Waals surface area contributed by atoms with Gasteiger partial charge in [-0.05, 0) is 24.6 Å². The van der Waals surface area contributed by atoms with Gasteiger partial charge in [-0.15, -0.1) is 0 Å². The first-order chi connectivity index (χ1) is 8.93. The Balaban J connectivity index is 2.59. The standard InChI is InChI=1S/C13H14FN3O2/c1-7-9(13(18)19-3)4-8(5-10(7)14)11-6-12(15)17(2)16-11/h4-6H,15H2,1-3H3. The molecule has 0 aliphatic rings. The number of carbonyl (C=O) groups is 1. The van der Waals surface area contributed by atoms with Crippen molar-refractivity contribution >= 4 is 11.8 Å². The predicted molar refractivity (Wildman–Crippen MR) is 69.1 cm³/mol. The molecule has 1 heterocycles. The van der Waals surface area contributed by atoms with Gasteiger partial charge >= 0.3 is 5.97 Å². The summed E-state index contributed by atoms with van der Waals surface area (Å²) in [6.45, 7) is 1.53. The van der Waals surface area contributed by atoms with E-state index in [0.717, 1.165) is 0 Å². The van der Waals surface area contributed by atoms with E-state index in [9.17, 15) is 9.18 Å². The van der Waals surface area contributed by atoms with Crippen molar-refractivity contribution in [2.75, 3.05) is 12.8 Å². The summed E-state index contributed by atoms with van der Waals surface area (Å²) in [6, 6.07) is 4.49. The minimum Gasteiger partial charge on any atom is -0.465 e. The van der Waals surface area contributed by atoms with Crippen LogP contribution in [0.1, 0.15) is 15.9 Å².